The lowest BCUT2D eigenvalue weighted by Crippen LogP contribution is -2.02. The normalized spacial score (nSPS) is 17.2. The second kappa shape index (κ2) is 6.32. The second-order valence-electron chi connectivity index (χ2n) is 5.60. The van der Waals surface area contributed by atoms with Crippen molar-refractivity contribution in [2.45, 2.75) is 37.5 Å². The van der Waals surface area contributed by atoms with Crippen LogP contribution >= 0.6 is 11.6 Å². The lowest BCUT2D eigenvalue weighted by molar-refractivity contribution is -0.111. The van der Waals surface area contributed by atoms with Crippen LogP contribution in [0.25, 0.3) is 5.57 Å². The predicted octanol–water partition coefficient (Wildman–Crippen LogP) is 3.91. The van der Waals surface area contributed by atoms with E-state index in [0.29, 0.717) is 17.1 Å². The van der Waals surface area contributed by atoms with E-state index in [1.807, 2.05) is 6.08 Å². The van der Waals surface area contributed by atoms with Gasteiger partial charge in [0, 0.05) is 11.8 Å². The summed E-state index contributed by atoms with van der Waals surface area (Å²) in [6, 6.07) is 4.70. The van der Waals surface area contributed by atoms with Gasteiger partial charge >= 0.3 is 0 Å². The number of carbonyl (C=O) groups is 1. The molecule has 1 aromatic rings. The average molecular weight is 327 g/mol. The number of rotatable bonds is 4. The Labute approximate surface area is 130 Å². The zero-order chi connectivity index (χ0) is 15.6. The molecular weight excluding hydrogens is 308 g/mol. The fourth-order valence-corrected chi connectivity index (χ4v) is 4.08. The van der Waals surface area contributed by atoms with Crippen molar-refractivity contribution in [1.82, 2.24) is 0 Å². The minimum Gasteiger partial charge on any atom is -0.295 e. The van der Waals surface area contributed by atoms with Crippen LogP contribution in [0.4, 0.5) is 0 Å². The molecule has 21 heavy (non-hydrogen) atoms. The topological polar surface area (TPSA) is 51.2 Å². The molecule has 1 saturated carbocycles. The lowest BCUT2D eigenvalue weighted by atomic mass is 9.96. The highest BCUT2D eigenvalue weighted by Gasteiger charge is 2.18. The van der Waals surface area contributed by atoms with E-state index in [1.54, 1.807) is 12.1 Å². The quantitative estimate of drug-likeness (QED) is 0.788. The molecule has 1 aliphatic rings. The minimum atomic E-state index is -3.35. The summed E-state index contributed by atoms with van der Waals surface area (Å²) in [7, 11) is -3.35. The number of allylic oxidation sites excluding steroid dienone is 2. The molecule has 0 spiro atoms. The molecule has 0 bridgehead atoms. The largest absolute Gasteiger partial charge is 0.295 e. The zero-order valence-electron chi connectivity index (χ0n) is 12.2. The summed E-state index contributed by atoms with van der Waals surface area (Å²) in [5.41, 5.74) is 1.32. The summed E-state index contributed by atoms with van der Waals surface area (Å²) in [6.07, 6.45) is 7.73. The van der Waals surface area contributed by atoms with Gasteiger partial charge in [-0.2, -0.15) is 0 Å². The van der Waals surface area contributed by atoms with Gasteiger partial charge in [-0.1, -0.05) is 36.6 Å². The van der Waals surface area contributed by atoms with Crippen molar-refractivity contribution in [2.24, 2.45) is 5.92 Å². The third-order valence-corrected chi connectivity index (χ3v) is 5.40. The average Bonchev–Trinajstić information content (AvgIpc) is 2.86. The van der Waals surface area contributed by atoms with Crippen molar-refractivity contribution in [3.63, 3.8) is 0 Å². The first-order valence-corrected chi connectivity index (χ1v) is 9.28. The van der Waals surface area contributed by atoms with Crippen molar-refractivity contribution >= 4 is 32.8 Å². The highest BCUT2D eigenvalue weighted by molar-refractivity contribution is 7.90. The molecule has 1 aliphatic carbocycles. The van der Waals surface area contributed by atoms with Gasteiger partial charge < -0.3 is 0 Å². The Morgan fingerprint density at radius 2 is 1.90 bits per heavy atom. The summed E-state index contributed by atoms with van der Waals surface area (Å²) in [6.45, 7) is 1.53. The summed E-state index contributed by atoms with van der Waals surface area (Å²) >= 11 is 6.06. The van der Waals surface area contributed by atoms with Crippen LogP contribution in [0, 0.1) is 5.92 Å². The number of hydrogen-bond donors (Lipinski definition) is 0. The van der Waals surface area contributed by atoms with Crippen LogP contribution < -0.4 is 0 Å². The number of sulfone groups is 1. The maximum absolute atomic E-state index is 11.9. The van der Waals surface area contributed by atoms with Gasteiger partial charge in [-0.25, -0.2) is 8.42 Å². The zero-order valence-corrected chi connectivity index (χ0v) is 13.8. The van der Waals surface area contributed by atoms with Crippen LogP contribution in [0.2, 0.25) is 5.02 Å². The van der Waals surface area contributed by atoms with E-state index in [2.05, 4.69) is 0 Å². The maximum Gasteiger partial charge on any atom is 0.176 e. The number of ketones is 1. The van der Waals surface area contributed by atoms with Gasteiger partial charge in [0.25, 0.3) is 0 Å². The lowest BCUT2D eigenvalue weighted by Gasteiger charge is -2.10. The van der Waals surface area contributed by atoms with Crippen LogP contribution in [0.5, 0.6) is 0 Å². The van der Waals surface area contributed by atoms with Crippen molar-refractivity contribution in [3.05, 3.63) is 34.9 Å². The Hall–Kier alpha value is -1.13. The molecule has 0 atom stereocenters. The minimum absolute atomic E-state index is 0.0231. The molecule has 1 aromatic carbocycles. The van der Waals surface area contributed by atoms with Crippen LogP contribution in [-0.2, 0) is 14.6 Å². The Morgan fingerprint density at radius 3 is 2.38 bits per heavy atom. The number of hydrogen-bond acceptors (Lipinski definition) is 3. The molecule has 5 heteroatoms. The van der Waals surface area contributed by atoms with E-state index in [-0.39, 0.29) is 15.7 Å². The summed E-state index contributed by atoms with van der Waals surface area (Å²) in [4.78, 5) is 12.0. The monoisotopic (exact) mass is 326 g/mol. The molecule has 114 valence electrons. The van der Waals surface area contributed by atoms with Crippen LogP contribution in [-0.4, -0.2) is 20.5 Å². The van der Waals surface area contributed by atoms with Crippen LogP contribution in [0.3, 0.4) is 0 Å². The fourth-order valence-electron chi connectivity index (χ4n) is 2.75. The molecule has 1 fully saturated rings. The molecule has 0 saturated heterocycles. The molecule has 0 amide bonds. The first kappa shape index (κ1) is 16.2. The predicted molar refractivity (Wildman–Crippen MR) is 85.2 cm³/mol. The second-order valence-corrected chi connectivity index (χ2v) is 7.99. The van der Waals surface area contributed by atoms with Crippen molar-refractivity contribution in [2.75, 3.05) is 6.26 Å². The molecule has 0 radical (unpaired) electrons. The SMILES string of the molecule is CC(=O)/C(=C/C1CCCC1)c1ccc(S(C)(=O)=O)c(Cl)c1. The molecule has 0 heterocycles. The van der Waals surface area contributed by atoms with Gasteiger partial charge in [0.2, 0.25) is 0 Å². The number of carbonyl (C=O) groups excluding carboxylic acids is 1. The smallest absolute Gasteiger partial charge is 0.176 e. The van der Waals surface area contributed by atoms with Gasteiger partial charge in [-0.05, 0) is 43.4 Å². The number of Topliss-reactive ketones (excluding diaryl/α,β-unsaturated/α-hetero) is 1. The molecule has 2 rings (SSSR count). The van der Waals surface area contributed by atoms with Gasteiger partial charge in [0.05, 0.1) is 9.92 Å². The summed E-state index contributed by atoms with van der Waals surface area (Å²) in [5.74, 6) is 0.405. The van der Waals surface area contributed by atoms with E-state index in [9.17, 15) is 13.2 Å². The Bertz CT molecular complexity index is 683. The molecule has 3 nitrogen and oxygen atoms in total. The third kappa shape index (κ3) is 3.95. The van der Waals surface area contributed by atoms with Crippen LogP contribution in [0.15, 0.2) is 29.2 Å². The Balaban J connectivity index is 2.42. The number of halogens is 1. The van der Waals surface area contributed by atoms with Gasteiger partial charge in [0.1, 0.15) is 0 Å². The first-order valence-electron chi connectivity index (χ1n) is 7.02. The van der Waals surface area contributed by atoms with E-state index in [0.717, 1.165) is 19.1 Å². The maximum atomic E-state index is 11.9. The third-order valence-electron chi connectivity index (χ3n) is 3.82. The standard InChI is InChI=1S/C16H19ClO3S/c1-11(18)14(9-12-5-3-4-6-12)13-7-8-16(15(17)10-13)21(2,19)20/h7-10,12H,3-6H2,1-2H3/b14-9-. The van der Waals surface area contributed by atoms with Gasteiger partial charge in [0.15, 0.2) is 15.6 Å². The Kier molecular flexibility index (Phi) is 4.89. The summed E-state index contributed by atoms with van der Waals surface area (Å²) in [5, 5.41) is 0.161. The highest BCUT2D eigenvalue weighted by atomic mass is 35.5. The highest BCUT2D eigenvalue weighted by Crippen LogP contribution is 2.31. The molecule has 0 unspecified atom stereocenters. The first-order chi connectivity index (χ1) is 9.79. The van der Waals surface area contributed by atoms with E-state index in [1.165, 1.54) is 25.8 Å². The van der Waals surface area contributed by atoms with Gasteiger partial charge in [-0.3, -0.25) is 4.79 Å². The molecular formula is C16H19ClO3S. The summed E-state index contributed by atoms with van der Waals surface area (Å²) < 4.78 is 23.2. The number of benzene rings is 1. The fraction of sp³-hybridized carbons (Fsp3) is 0.438. The van der Waals surface area contributed by atoms with Gasteiger partial charge in [-0.15, -0.1) is 0 Å². The van der Waals surface area contributed by atoms with Crippen molar-refractivity contribution in [1.29, 1.82) is 0 Å². The molecule has 0 aromatic heterocycles. The van der Waals surface area contributed by atoms with Crippen molar-refractivity contribution in [3.8, 4) is 0 Å². The van der Waals surface area contributed by atoms with E-state index in [4.69, 9.17) is 11.6 Å². The molecule has 0 N–H and O–H groups in total. The Morgan fingerprint density at radius 1 is 1.29 bits per heavy atom. The van der Waals surface area contributed by atoms with E-state index >= 15 is 0 Å². The van der Waals surface area contributed by atoms with Crippen LogP contribution in [0.1, 0.15) is 38.2 Å². The molecule has 0 aliphatic heterocycles. The van der Waals surface area contributed by atoms with Crippen molar-refractivity contribution < 1.29 is 13.2 Å². The van der Waals surface area contributed by atoms with E-state index < -0.39 is 9.84 Å².